The topological polar surface area (TPSA) is 63.6 Å². The molecule has 0 aliphatic carbocycles. The summed E-state index contributed by atoms with van der Waals surface area (Å²) in [5.74, 6) is -1.71. The van der Waals surface area contributed by atoms with Gasteiger partial charge in [-0.1, -0.05) is 102 Å². The van der Waals surface area contributed by atoms with Crippen LogP contribution >= 0.6 is 0 Å². The molecular weight excluding hydrogens is 350 g/mol. The molecule has 0 atom stereocenters. The summed E-state index contributed by atoms with van der Waals surface area (Å²) in [6, 6.07) is 0. The van der Waals surface area contributed by atoms with Crippen LogP contribution in [-0.4, -0.2) is 39.3 Å². The molecule has 0 aliphatic rings. The van der Waals surface area contributed by atoms with Crippen molar-refractivity contribution in [3.63, 3.8) is 0 Å². The molecule has 0 heterocycles. The molecule has 0 saturated heterocycles. The molecule has 0 aromatic rings. The van der Waals surface area contributed by atoms with Crippen molar-refractivity contribution in [2.75, 3.05) is 6.61 Å². The van der Waals surface area contributed by atoms with Crippen molar-refractivity contribution in [1.29, 1.82) is 0 Å². The maximum Gasteiger partial charge on any atom is 0.331 e. The van der Waals surface area contributed by atoms with Crippen LogP contribution in [0.5, 0.6) is 0 Å². The number of ether oxygens (including phenoxy) is 1. The molecule has 0 aromatic heterocycles. The predicted molar refractivity (Wildman–Crippen MR) is 122 cm³/mol. The number of rotatable bonds is 20. The zero-order valence-corrected chi connectivity index (χ0v) is 18.4. The van der Waals surface area contributed by atoms with Crippen LogP contribution in [0.3, 0.4) is 0 Å². The normalized spacial score (nSPS) is 11.3. The monoisotopic (exact) mass is 392 g/mol. The lowest BCUT2D eigenvalue weighted by molar-refractivity contribution is -0.138. The molecule has 4 nitrogen and oxygen atoms in total. The van der Waals surface area contributed by atoms with Gasteiger partial charge in [-0.2, -0.15) is 0 Å². The Morgan fingerprint density at radius 1 is 0.679 bits per heavy atom. The van der Waals surface area contributed by atoms with Crippen molar-refractivity contribution in [1.82, 2.24) is 0 Å². The van der Waals surface area contributed by atoms with Crippen LogP contribution in [0.1, 0.15) is 103 Å². The molecule has 0 amide bonds. The highest BCUT2D eigenvalue weighted by Crippen LogP contribution is 2.14. The third-order valence-electron chi connectivity index (χ3n) is 5.03. The maximum atomic E-state index is 11.2. The van der Waals surface area contributed by atoms with Gasteiger partial charge in [-0.05, 0) is 6.42 Å². The number of carboxylic acid groups (broad SMARTS) is 1. The lowest BCUT2D eigenvalue weighted by Crippen LogP contribution is -2.03. The van der Waals surface area contributed by atoms with Crippen molar-refractivity contribution >= 4 is 27.6 Å². The molecule has 0 spiro atoms. The standard InChI is InChI=1S/C22H42B2O4/c23-20(24)16-14-12-10-8-6-4-2-1-3-5-7-9-11-13-15-19-28-22(27)18-17-21(25)26/h17-18,20H,1-16,19,23-24H2,(H,25,26)/b18-17+. The highest BCUT2D eigenvalue weighted by atomic mass is 16.5. The summed E-state index contributed by atoms with van der Waals surface area (Å²) in [4.78, 5) is 21.4. The van der Waals surface area contributed by atoms with Crippen molar-refractivity contribution in [3.8, 4) is 0 Å². The van der Waals surface area contributed by atoms with Crippen LogP contribution in [0.25, 0.3) is 0 Å². The minimum Gasteiger partial charge on any atom is -0.478 e. The van der Waals surface area contributed by atoms with E-state index in [1.165, 1.54) is 89.9 Å². The number of hydrogen-bond acceptors (Lipinski definition) is 3. The Bertz CT molecular complexity index is 411. The Balaban J connectivity index is 3.14. The van der Waals surface area contributed by atoms with E-state index in [-0.39, 0.29) is 0 Å². The highest BCUT2D eigenvalue weighted by Gasteiger charge is 1.99. The Morgan fingerprint density at radius 2 is 1.07 bits per heavy atom. The average Bonchev–Trinajstić information content (AvgIpc) is 2.65. The summed E-state index contributed by atoms with van der Waals surface area (Å²) < 4.78 is 4.93. The smallest absolute Gasteiger partial charge is 0.331 e. The van der Waals surface area contributed by atoms with Gasteiger partial charge in [0.2, 0.25) is 0 Å². The fraction of sp³-hybridized carbons (Fsp3) is 0.818. The number of aliphatic carboxylic acids is 1. The second-order valence-electron chi connectivity index (χ2n) is 8.32. The second kappa shape index (κ2) is 20.5. The molecule has 28 heavy (non-hydrogen) atoms. The first-order valence-corrected chi connectivity index (χ1v) is 11.6. The summed E-state index contributed by atoms with van der Waals surface area (Å²) in [7, 11) is 4.62. The first-order valence-electron chi connectivity index (χ1n) is 11.6. The van der Waals surface area contributed by atoms with Crippen LogP contribution < -0.4 is 0 Å². The van der Waals surface area contributed by atoms with E-state index in [9.17, 15) is 9.59 Å². The number of carbonyl (C=O) groups excluding carboxylic acids is 1. The third kappa shape index (κ3) is 22.9. The Labute approximate surface area is 174 Å². The molecule has 0 radical (unpaired) electrons. The maximum absolute atomic E-state index is 11.2. The Hall–Kier alpha value is -1.19. The fourth-order valence-corrected chi connectivity index (χ4v) is 3.31. The molecule has 0 bridgehead atoms. The number of carboxylic acids is 1. The van der Waals surface area contributed by atoms with Gasteiger partial charge < -0.3 is 9.84 Å². The molecular formula is C22H42B2O4. The number of carbonyl (C=O) groups is 2. The quantitative estimate of drug-likeness (QED) is 0.144. The van der Waals surface area contributed by atoms with Crippen molar-refractivity contribution < 1.29 is 19.4 Å². The van der Waals surface area contributed by atoms with E-state index in [2.05, 4.69) is 15.7 Å². The minimum atomic E-state index is -1.13. The first-order chi connectivity index (χ1) is 13.5. The second-order valence-corrected chi connectivity index (χ2v) is 8.32. The highest BCUT2D eigenvalue weighted by molar-refractivity contribution is 6.35. The Kier molecular flexibility index (Phi) is 19.7. The zero-order chi connectivity index (χ0) is 20.9. The SMILES string of the molecule is BC(B)CCCCCCCCCCCCCCCCCOC(=O)/C=C/C(=O)O. The lowest BCUT2D eigenvalue weighted by atomic mass is 9.68. The van der Waals surface area contributed by atoms with Crippen LogP contribution in [0.4, 0.5) is 0 Å². The van der Waals surface area contributed by atoms with Gasteiger partial charge in [0, 0.05) is 12.2 Å². The van der Waals surface area contributed by atoms with Gasteiger partial charge in [-0.15, -0.1) is 0 Å². The van der Waals surface area contributed by atoms with E-state index < -0.39 is 11.9 Å². The van der Waals surface area contributed by atoms with Gasteiger partial charge in [0.05, 0.1) is 22.3 Å². The molecule has 0 saturated carbocycles. The molecule has 0 aliphatic heterocycles. The average molecular weight is 392 g/mol. The van der Waals surface area contributed by atoms with Crippen molar-refractivity contribution in [2.24, 2.45) is 0 Å². The van der Waals surface area contributed by atoms with E-state index >= 15 is 0 Å². The molecule has 0 fully saturated rings. The largest absolute Gasteiger partial charge is 0.478 e. The number of unbranched alkanes of at least 4 members (excludes halogenated alkanes) is 14. The third-order valence-corrected chi connectivity index (χ3v) is 5.03. The van der Waals surface area contributed by atoms with Crippen LogP contribution in [0.2, 0.25) is 5.72 Å². The number of hydrogen-bond donors (Lipinski definition) is 1. The van der Waals surface area contributed by atoms with Gasteiger partial charge in [0.25, 0.3) is 0 Å². The summed E-state index contributed by atoms with van der Waals surface area (Å²) in [5, 5.41) is 8.40. The lowest BCUT2D eigenvalue weighted by Gasteiger charge is -2.05. The molecule has 160 valence electrons. The van der Waals surface area contributed by atoms with E-state index in [0.29, 0.717) is 6.61 Å². The van der Waals surface area contributed by atoms with E-state index in [1.807, 2.05) is 0 Å². The van der Waals surface area contributed by atoms with Gasteiger partial charge >= 0.3 is 11.9 Å². The summed E-state index contributed by atoms with van der Waals surface area (Å²) in [6.07, 6.45) is 22.8. The predicted octanol–water partition coefficient (Wildman–Crippen LogP) is 4.42. The Morgan fingerprint density at radius 3 is 1.46 bits per heavy atom. The van der Waals surface area contributed by atoms with Crippen LogP contribution in [0.15, 0.2) is 12.2 Å². The first kappa shape index (κ1) is 26.8. The summed E-state index contributed by atoms with van der Waals surface area (Å²) in [5.41, 5.74) is 0.860. The number of esters is 1. The van der Waals surface area contributed by atoms with E-state index in [4.69, 9.17) is 9.84 Å². The molecule has 6 heteroatoms. The van der Waals surface area contributed by atoms with E-state index in [0.717, 1.165) is 30.7 Å². The summed E-state index contributed by atoms with van der Waals surface area (Å²) in [6.45, 7) is 0.376. The van der Waals surface area contributed by atoms with Gasteiger partial charge in [0.15, 0.2) is 0 Å². The van der Waals surface area contributed by atoms with Crippen LogP contribution in [-0.2, 0) is 14.3 Å². The molecule has 0 aromatic carbocycles. The molecule has 0 rings (SSSR count). The fourth-order valence-electron chi connectivity index (χ4n) is 3.31. The van der Waals surface area contributed by atoms with E-state index in [1.54, 1.807) is 0 Å². The molecule has 0 unspecified atom stereocenters. The van der Waals surface area contributed by atoms with Crippen molar-refractivity contribution in [3.05, 3.63) is 12.2 Å². The molecule has 1 N–H and O–H groups in total. The van der Waals surface area contributed by atoms with Gasteiger partial charge in [-0.25, -0.2) is 9.59 Å². The minimum absolute atomic E-state index is 0.376. The van der Waals surface area contributed by atoms with Gasteiger partial charge in [0.1, 0.15) is 0 Å². The van der Waals surface area contributed by atoms with Crippen LogP contribution in [0, 0.1) is 0 Å². The zero-order valence-electron chi connectivity index (χ0n) is 18.4. The van der Waals surface area contributed by atoms with Crippen molar-refractivity contribution in [2.45, 2.75) is 108 Å². The summed E-state index contributed by atoms with van der Waals surface area (Å²) >= 11 is 0. The van der Waals surface area contributed by atoms with Gasteiger partial charge in [-0.3, -0.25) is 0 Å².